The Morgan fingerprint density at radius 1 is 1.45 bits per heavy atom. The molecule has 1 saturated carbocycles. The van der Waals surface area contributed by atoms with E-state index in [0.29, 0.717) is 11.1 Å². The molecule has 116 valence electrons. The summed E-state index contributed by atoms with van der Waals surface area (Å²) in [6.07, 6.45) is 1.94. The monoisotopic (exact) mass is 338 g/mol. The average Bonchev–Trinajstić information content (AvgIpc) is 2.96. The van der Waals surface area contributed by atoms with E-state index in [1.807, 2.05) is 17.5 Å². The van der Waals surface area contributed by atoms with Gasteiger partial charge in [-0.25, -0.2) is 4.79 Å². The molecule has 1 fully saturated rings. The lowest BCUT2D eigenvalue weighted by Gasteiger charge is -2.09. The smallest absolute Gasteiger partial charge is 0.321 e. The fraction of sp³-hybridized carbons (Fsp3) is 0.385. The maximum absolute atomic E-state index is 11.9. The zero-order chi connectivity index (χ0) is 15.5. The van der Waals surface area contributed by atoms with Gasteiger partial charge in [0.2, 0.25) is 5.91 Å². The minimum atomic E-state index is -0.512. The molecule has 3 amide bonds. The molecule has 0 radical (unpaired) electrons. The number of rotatable bonds is 5. The van der Waals surface area contributed by atoms with Crippen molar-refractivity contribution in [2.75, 3.05) is 0 Å². The van der Waals surface area contributed by atoms with Crippen molar-refractivity contribution in [1.29, 1.82) is 0 Å². The van der Waals surface area contributed by atoms with Gasteiger partial charge in [-0.1, -0.05) is 17.8 Å². The standard InChI is InChI=1S/C13H14N4O3S2/c1-7(10(18)15-12(19)14-8-4-5-8)22-13-17-16-11(20-13)9-3-2-6-21-9/h2-3,6-8H,4-5H2,1H3,(H2,14,15,18,19). The topological polar surface area (TPSA) is 97.1 Å². The van der Waals surface area contributed by atoms with Gasteiger partial charge < -0.3 is 9.73 Å². The second-order valence-electron chi connectivity index (χ2n) is 4.85. The Bertz CT molecular complexity index is 667. The number of amides is 3. The van der Waals surface area contributed by atoms with Crippen LogP contribution in [0.3, 0.4) is 0 Å². The fourth-order valence-electron chi connectivity index (χ4n) is 1.62. The summed E-state index contributed by atoms with van der Waals surface area (Å²) in [5, 5.41) is 14.6. The van der Waals surface area contributed by atoms with Gasteiger partial charge in [0.15, 0.2) is 0 Å². The predicted molar refractivity (Wildman–Crippen MR) is 82.6 cm³/mol. The molecule has 3 rings (SSSR count). The van der Waals surface area contributed by atoms with E-state index in [4.69, 9.17) is 4.42 Å². The average molecular weight is 338 g/mol. The molecule has 1 aliphatic carbocycles. The first-order valence-corrected chi connectivity index (χ1v) is 8.53. The molecule has 0 bridgehead atoms. The summed E-state index contributed by atoms with van der Waals surface area (Å²) in [4.78, 5) is 24.3. The summed E-state index contributed by atoms with van der Waals surface area (Å²) in [5.74, 6) is 0.0376. The van der Waals surface area contributed by atoms with Crippen LogP contribution in [0.4, 0.5) is 4.79 Å². The number of nitrogens with one attached hydrogen (secondary N) is 2. The number of hydrogen-bond donors (Lipinski definition) is 2. The molecule has 22 heavy (non-hydrogen) atoms. The highest BCUT2D eigenvalue weighted by atomic mass is 32.2. The van der Waals surface area contributed by atoms with Crippen LogP contribution >= 0.6 is 23.1 Å². The highest BCUT2D eigenvalue weighted by molar-refractivity contribution is 8.00. The minimum Gasteiger partial charge on any atom is -0.410 e. The normalized spacial score (nSPS) is 15.3. The van der Waals surface area contributed by atoms with E-state index in [0.717, 1.165) is 29.5 Å². The molecule has 7 nitrogen and oxygen atoms in total. The summed E-state index contributed by atoms with van der Waals surface area (Å²) >= 11 is 2.62. The third-order valence-corrected chi connectivity index (χ3v) is 4.73. The van der Waals surface area contributed by atoms with Gasteiger partial charge in [0.1, 0.15) is 0 Å². The molecule has 2 aromatic rings. The molecule has 0 aliphatic heterocycles. The molecule has 2 N–H and O–H groups in total. The fourth-order valence-corrected chi connectivity index (χ4v) is 2.95. The number of urea groups is 1. The summed E-state index contributed by atoms with van der Waals surface area (Å²) in [6.45, 7) is 1.68. The maximum atomic E-state index is 11.9. The van der Waals surface area contributed by atoms with E-state index in [-0.39, 0.29) is 11.9 Å². The van der Waals surface area contributed by atoms with Crippen molar-refractivity contribution < 1.29 is 14.0 Å². The van der Waals surface area contributed by atoms with Crippen molar-refractivity contribution in [2.45, 2.75) is 36.3 Å². The van der Waals surface area contributed by atoms with Gasteiger partial charge in [-0.05, 0) is 31.2 Å². The van der Waals surface area contributed by atoms with Gasteiger partial charge >= 0.3 is 6.03 Å². The minimum absolute atomic E-state index is 0.208. The van der Waals surface area contributed by atoms with Crippen molar-refractivity contribution in [3.63, 3.8) is 0 Å². The highest BCUT2D eigenvalue weighted by Crippen LogP contribution is 2.28. The predicted octanol–water partition coefficient (Wildman–Crippen LogP) is 2.27. The van der Waals surface area contributed by atoms with Crippen LogP contribution in [-0.4, -0.2) is 33.4 Å². The number of carbonyl (C=O) groups is 2. The third-order valence-electron chi connectivity index (χ3n) is 2.93. The van der Waals surface area contributed by atoms with Crippen LogP contribution in [-0.2, 0) is 4.79 Å². The molecule has 1 unspecified atom stereocenters. The van der Waals surface area contributed by atoms with Crippen LogP contribution in [0, 0.1) is 0 Å². The van der Waals surface area contributed by atoms with Crippen LogP contribution in [0.25, 0.3) is 10.8 Å². The second kappa shape index (κ2) is 6.49. The van der Waals surface area contributed by atoms with Gasteiger partial charge in [0.05, 0.1) is 10.1 Å². The van der Waals surface area contributed by atoms with E-state index >= 15 is 0 Å². The van der Waals surface area contributed by atoms with Gasteiger partial charge in [-0.2, -0.15) is 0 Å². The third kappa shape index (κ3) is 3.86. The lowest BCUT2D eigenvalue weighted by Crippen LogP contribution is -2.43. The molecule has 0 saturated heterocycles. The highest BCUT2D eigenvalue weighted by Gasteiger charge is 2.25. The maximum Gasteiger partial charge on any atom is 0.321 e. The molecule has 2 aromatic heterocycles. The largest absolute Gasteiger partial charge is 0.410 e. The first-order chi connectivity index (χ1) is 10.6. The van der Waals surface area contributed by atoms with Gasteiger partial charge in [0, 0.05) is 6.04 Å². The quantitative estimate of drug-likeness (QED) is 0.812. The van der Waals surface area contributed by atoms with Crippen molar-refractivity contribution in [3.05, 3.63) is 17.5 Å². The molecule has 2 heterocycles. The summed E-state index contributed by atoms with van der Waals surface area (Å²) in [5.41, 5.74) is 0. The first kappa shape index (κ1) is 15.0. The summed E-state index contributed by atoms with van der Waals surface area (Å²) in [7, 11) is 0. The van der Waals surface area contributed by atoms with E-state index < -0.39 is 11.3 Å². The number of hydrogen-bond acceptors (Lipinski definition) is 7. The first-order valence-electron chi connectivity index (χ1n) is 6.77. The Balaban J connectivity index is 1.53. The van der Waals surface area contributed by atoms with Crippen molar-refractivity contribution in [2.24, 2.45) is 0 Å². The molecule has 9 heteroatoms. The number of thiophene rings is 1. The van der Waals surface area contributed by atoms with Crippen LogP contribution < -0.4 is 10.6 Å². The summed E-state index contributed by atoms with van der Waals surface area (Å²) in [6, 6.07) is 3.53. The van der Waals surface area contributed by atoms with Crippen LogP contribution in [0.15, 0.2) is 27.2 Å². The second-order valence-corrected chi connectivity index (χ2v) is 7.09. The Hall–Kier alpha value is -1.87. The van der Waals surface area contributed by atoms with E-state index in [9.17, 15) is 9.59 Å². The van der Waals surface area contributed by atoms with Crippen LogP contribution in [0.5, 0.6) is 0 Å². The molecule has 0 aromatic carbocycles. The van der Waals surface area contributed by atoms with E-state index in [1.165, 1.54) is 11.3 Å². The molecule has 1 aliphatic rings. The van der Waals surface area contributed by atoms with Gasteiger partial charge in [-0.3, -0.25) is 10.1 Å². The molecule has 1 atom stereocenters. The van der Waals surface area contributed by atoms with E-state index in [1.54, 1.807) is 6.92 Å². The lowest BCUT2D eigenvalue weighted by molar-refractivity contribution is -0.119. The van der Waals surface area contributed by atoms with Crippen molar-refractivity contribution in [3.8, 4) is 10.8 Å². The number of nitrogens with zero attached hydrogens (tertiary/aromatic N) is 2. The van der Waals surface area contributed by atoms with Gasteiger partial charge in [0.25, 0.3) is 11.1 Å². The Labute approximate surface area is 134 Å². The van der Waals surface area contributed by atoms with E-state index in [2.05, 4.69) is 20.8 Å². The molecule has 0 spiro atoms. The van der Waals surface area contributed by atoms with Crippen LogP contribution in [0.2, 0.25) is 0 Å². The Morgan fingerprint density at radius 2 is 2.27 bits per heavy atom. The molecular weight excluding hydrogens is 324 g/mol. The van der Waals surface area contributed by atoms with Crippen LogP contribution in [0.1, 0.15) is 19.8 Å². The van der Waals surface area contributed by atoms with Crippen molar-refractivity contribution >= 4 is 35.0 Å². The zero-order valence-electron chi connectivity index (χ0n) is 11.7. The summed E-state index contributed by atoms with van der Waals surface area (Å²) < 4.78 is 5.50. The lowest BCUT2D eigenvalue weighted by atomic mass is 10.4. The number of thioether (sulfide) groups is 1. The Kier molecular flexibility index (Phi) is 4.44. The van der Waals surface area contributed by atoms with Crippen molar-refractivity contribution in [1.82, 2.24) is 20.8 Å². The zero-order valence-corrected chi connectivity index (χ0v) is 13.4. The van der Waals surface area contributed by atoms with Gasteiger partial charge in [-0.15, -0.1) is 21.5 Å². The number of carbonyl (C=O) groups excluding carboxylic acids is 2. The SMILES string of the molecule is CC(Sc1nnc(-c2cccs2)o1)C(=O)NC(=O)NC1CC1. The molecular formula is C13H14N4O3S2. The Morgan fingerprint density at radius 3 is 2.95 bits per heavy atom. The number of imide groups is 1. The number of aromatic nitrogens is 2.